The number of hydrogen-bond acceptors (Lipinski definition) is 4. The maximum atomic E-state index is 5.82. The minimum atomic E-state index is -1.04. The Bertz CT molecular complexity index is 370. The van der Waals surface area contributed by atoms with Crippen molar-refractivity contribution in [2.45, 2.75) is 52.5 Å². The lowest BCUT2D eigenvalue weighted by Crippen LogP contribution is -2.31. The number of aliphatic imine (C=N–C) groups is 1. The average Bonchev–Trinajstić information content (AvgIpc) is 2.36. The summed E-state index contributed by atoms with van der Waals surface area (Å²) in [6, 6.07) is 1.48. The van der Waals surface area contributed by atoms with Gasteiger partial charge in [0.05, 0.1) is 5.82 Å². The molecule has 0 heterocycles. The van der Waals surface area contributed by atoms with Crippen LogP contribution in [0.25, 0.3) is 0 Å². The molecule has 0 saturated carbocycles. The Morgan fingerprint density at radius 2 is 2.00 bits per heavy atom. The second-order valence-corrected chi connectivity index (χ2v) is 12.3. The zero-order valence-electron chi connectivity index (χ0n) is 14.9. The third-order valence-electron chi connectivity index (χ3n) is 2.96. The average molecular weight is 312 g/mol. The van der Waals surface area contributed by atoms with Crippen LogP contribution in [0.4, 0.5) is 0 Å². The SMILES string of the molecule is C=C(NC)N(COCC[Si](C)(C)C)/C(C)=C/C=NC(C)C. The van der Waals surface area contributed by atoms with Crippen molar-refractivity contribution < 1.29 is 4.74 Å². The molecule has 0 rings (SSSR count). The number of rotatable bonds is 10. The molecule has 0 spiro atoms. The number of hydrogen-bond donors (Lipinski definition) is 1. The van der Waals surface area contributed by atoms with E-state index in [-0.39, 0.29) is 0 Å². The fourth-order valence-corrected chi connectivity index (χ4v) is 2.23. The zero-order valence-corrected chi connectivity index (χ0v) is 15.9. The molecule has 0 aromatic carbocycles. The highest BCUT2D eigenvalue weighted by molar-refractivity contribution is 6.76. The summed E-state index contributed by atoms with van der Waals surface area (Å²) in [5.41, 5.74) is 1.06. The topological polar surface area (TPSA) is 36.9 Å². The van der Waals surface area contributed by atoms with E-state index in [0.717, 1.165) is 18.1 Å². The summed E-state index contributed by atoms with van der Waals surface area (Å²) in [5.74, 6) is 0.828. The lowest BCUT2D eigenvalue weighted by Gasteiger charge is -2.27. The molecule has 21 heavy (non-hydrogen) atoms. The van der Waals surface area contributed by atoms with Crippen molar-refractivity contribution in [2.75, 3.05) is 20.4 Å². The van der Waals surface area contributed by atoms with Gasteiger partial charge in [0.1, 0.15) is 6.73 Å². The molecule has 0 aromatic heterocycles. The standard InChI is InChI=1S/C16H33N3OSi/c1-14(2)18-10-9-15(3)19(16(4)17-5)13-20-11-12-21(6,7)8/h9-10,14,17H,4,11-13H2,1-3,5-8H3/b15-9+,18-10?. The van der Waals surface area contributed by atoms with Crippen LogP contribution < -0.4 is 5.32 Å². The summed E-state index contributed by atoms with van der Waals surface area (Å²) in [5, 5.41) is 3.08. The van der Waals surface area contributed by atoms with Crippen LogP contribution in [0.5, 0.6) is 0 Å². The van der Waals surface area contributed by atoms with Crippen molar-refractivity contribution in [1.82, 2.24) is 10.2 Å². The van der Waals surface area contributed by atoms with E-state index in [1.54, 1.807) is 0 Å². The van der Waals surface area contributed by atoms with Crippen LogP contribution in [0.2, 0.25) is 25.7 Å². The van der Waals surface area contributed by atoms with Crippen molar-refractivity contribution >= 4 is 14.3 Å². The summed E-state index contributed by atoms with van der Waals surface area (Å²) < 4.78 is 5.82. The summed E-state index contributed by atoms with van der Waals surface area (Å²) in [6.45, 7) is 18.6. The Balaban J connectivity index is 4.55. The molecule has 0 aliphatic carbocycles. The van der Waals surface area contributed by atoms with Crippen LogP contribution in [0, 0.1) is 0 Å². The molecule has 0 bridgehead atoms. The van der Waals surface area contributed by atoms with E-state index in [1.165, 1.54) is 6.04 Å². The Kier molecular flexibility index (Phi) is 9.29. The van der Waals surface area contributed by atoms with Gasteiger partial charge in [0.15, 0.2) is 0 Å². The first-order valence-electron chi connectivity index (χ1n) is 7.59. The lowest BCUT2D eigenvalue weighted by atomic mass is 10.4. The molecule has 0 saturated heterocycles. The summed E-state index contributed by atoms with van der Waals surface area (Å²) in [4.78, 5) is 6.37. The van der Waals surface area contributed by atoms with Gasteiger partial charge < -0.3 is 15.0 Å². The van der Waals surface area contributed by atoms with Crippen LogP contribution in [0.3, 0.4) is 0 Å². The second kappa shape index (κ2) is 9.79. The smallest absolute Gasteiger partial charge is 0.124 e. The molecular weight excluding hydrogens is 278 g/mol. The van der Waals surface area contributed by atoms with Gasteiger partial charge in [-0.3, -0.25) is 4.99 Å². The van der Waals surface area contributed by atoms with E-state index in [2.05, 4.69) is 50.4 Å². The van der Waals surface area contributed by atoms with Crippen LogP contribution in [-0.2, 0) is 4.74 Å². The summed E-state index contributed by atoms with van der Waals surface area (Å²) in [7, 11) is 0.825. The third kappa shape index (κ3) is 10.3. The highest BCUT2D eigenvalue weighted by Gasteiger charge is 2.13. The molecule has 0 fully saturated rings. The van der Waals surface area contributed by atoms with Gasteiger partial charge in [0.25, 0.3) is 0 Å². The van der Waals surface area contributed by atoms with Gasteiger partial charge in [0, 0.05) is 39.7 Å². The molecule has 0 aliphatic rings. The van der Waals surface area contributed by atoms with E-state index in [0.29, 0.717) is 12.8 Å². The molecule has 0 unspecified atom stereocenters. The first-order valence-corrected chi connectivity index (χ1v) is 11.3. The monoisotopic (exact) mass is 311 g/mol. The first-order chi connectivity index (χ1) is 9.67. The van der Waals surface area contributed by atoms with Gasteiger partial charge in [-0.25, -0.2) is 0 Å². The van der Waals surface area contributed by atoms with Gasteiger partial charge in [-0.1, -0.05) is 26.2 Å². The highest BCUT2D eigenvalue weighted by Crippen LogP contribution is 2.11. The largest absolute Gasteiger partial charge is 0.375 e. The van der Waals surface area contributed by atoms with Gasteiger partial charge in [-0.2, -0.15) is 0 Å². The maximum absolute atomic E-state index is 5.82. The van der Waals surface area contributed by atoms with Gasteiger partial charge in [-0.15, -0.1) is 0 Å². The summed E-state index contributed by atoms with van der Waals surface area (Å²) >= 11 is 0. The van der Waals surface area contributed by atoms with Crippen molar-refractivity contribution in [3.05, 3.63) is 24.2 Å². The van der Waals surface area contributed by atoms with E-state index in [1.807, 2.05) is 31.2 Å². The molecular formula is C16H33N3OSi. The number of nitrogens with zero attached hydrogens (tertiary/aromatic N) is 2. The molecule has 0 atom stereocenters. The van der Waals surface area contributed by atoms with E-state index >= 15 is 0 Å². The van der Waals surface area contributed by atoms with E-state index < -0.39 is 8.07 Å². The van der Waals surface area contributed by atoms with Crippen molar-refractivity contribution in [3.8, 4) is 0 Å². The van der Waals surface area contributed by atoms with Crippen LogP contribution in [0.1, 0.15) is 20.8 Å². The molecule has 1 N–H and O–H groups in total. The zero-order chi connectivity index (χ0) is 16.5. The van der Waals surface area contributed by atoms with E-state index in [9.17, 15) is 0 Å². The van der Waals surface area contributed by atoms with Crippen LogP contribution in [-0.4, -0.2) is 45.6 Å². The van der Waals surface area contributed by atoms with Crippen molar-refractivity contribution in [3.63, 3.8) is 0 Å². The normalized spacial score (nSPS) is 13.0. The maximum Gasteiger partial charge on any atom is 0.124 e. The Labute approximate surface area is 132 Å². The fourth-order valence-electron chi connectivity index (χ4n) is 1.47. The predicted octanol–water partition coefficient (Wildman–Crippen LogP) is 3.67. The number of nitrogens with one attached hydrogen (secondary N) is 1. The van der Waals surface area contributed by atoms with Crippen LogP contribution in [0.15, 0.2) is 29.2 Å². The molecule has 0 aromatic rings. The van der Waals surface area contributed by atoms with Crippen molar-refractivity contribution in [2.24, 2.45) is 4.99 Å². The Morgan fingerprint density at radius 3 is 2.48 bits per heavy atom. The minimum absolute atomic E-state index is 0.308. The molecule has 4 nitrogen and oxygen atoms in total. The lowest BCUT2D eigenvalue weighted by molar-refractivity contribution is 0.0694. The minimum Gasteiger partial charge on any atom is -0.375 e. The summed E-state index contributed by atoms with van der Waals surface area (Å²) in [6.07, 6.45) is 3.84. The second-order valence-electron chi connectivity index (χ2n) is 6.67. The van der Waals surface area contributed by atoms with Gasteiger partial charge in [-0.05, 0) is 32.9 Å². The third-order valence-corrected chi connectivity index (χ3v) is 4.66. The van der Waals surface area contributed by atoms with Crippen molar-refractivity contribution in [1.29, 1.82) is 0 Å². The molecule has 5 heteroatoms. The predicted molar refractivity (Wildman–Crippen MR) is 96.4 cm³/mol. The van der Waals surface area contributed by atoms with E-state index in [4.69, 9.17) is 4.74 Å². The Morgan fingerprint density at radius 1 is 1.38 bits per heavy atom. The first kappa shape index (κ1) is 19.9. The number of ether oxygens (including phenoxy) is 1. The molecule has 0 aliphatic heterocycles. The van der Waals surface area contributed by atoms with Gasteiger partial charge in [0.2, 0.25) is 0 Å². The Hall–Kier alpha value is -1.07. The fraction of sp³-hybridized carbons (Fsp3) is 0.688. The highest BCUT2D eigenvalue weighted by atomic mass is 28.3. The quantitative estimate of drug-likeness (QED) is 0.289. The molecule has 0 radical (unpaired) electrons. The molecule has 122 valence electrons. The molecule has 0 amide bonds. The number of allylic oxidation sites excluding steroid dienone is 2. The van der Waals surface area contributed by atoms with Gasteiger partial charge >= 0.3 is 0 Å². The van der Waals surface area contributed by atoms with Crippen LogP contribution >= 0.6 is 0 Å².